The lowest BCUT2D eigenvalue weighted by molar-refractivity contribution is -0.133. The summed E-state index contributed by atoms with van der Waals surface area (Å²) in [6.45, 7) is 2.57. The zero-order valence-electron chi connectivity index (χ0n) is 23.2. The van der Waals surface area contributed by atoms with E-state index in [-0.39, 0.29) is 30.6 Å². The van der Waals surface area contributed by atoms with Crippen LogP contribution in [0.25, 0.3) is 0 Å². The first-order chi connectivity index (χ1) is 19.5. The Morgan fingerprint density at radius 2 is 1.62 bits per heavy atom. The van der Waals surface area contributed by atoms with Crippen LogP contribution in [-0.2, 0) is 19.1 Å². The number of hydrogen-bond acceptors (Lipinski definition) is 6. The number of nitrogens with zero attached hydrogens (tertiary/aromatic N) is 2. The molecule has 2 unspecified atom stereocenters. The van der Waals surface area contributed by atoms with Crippen LogP contribution in [0.1, 0.15) is 35.1 Å². The molecule has 0 aliphatic carbocycles. The van der Waals surface area contributed by atoms with Crippen molar-refractivity contribution < 1.29 is 24.2 Å². The number of amides is 2. The second-order valence-electron chi connectivity index (χ2n) is 10.1. The van der Waals surface area contributed by atoms with Gasteiger partial charge in [-0.3, -0.25) is 14.5 Å². The number of nitrogens with one attached hydrogen (secondary N) is 1. The van der Waals surface area contributed by atoms with Gasteiger partial charge in [0.2, 0.25) is 11.8 Å². The van der Waals surface area contributed by atoms with E-state index in [0.29, 0.717) is 38.4 Å². The molecule has 1 heterocycles. The van der Waals surface area contributed by atoms with E-state index in [2.05, 4.69) is 10.2 Å². The molecule has 2 atom stereocenters. The molecule has 2 amide bonds. The van der Waals surface area contributed by atoms with E-state index in [9.17, 15) is 14.7 Å². The van der Waals surface area contributed by atoms with Gasteiger partial charge in [-0.2, -0.15) is 0 Å². The van der Waals surface area contributed by atoms with E-state index in [1.165, 1.54) is 0 Å². The number of rotatable bonds is 13. The molecular weight excluding hydrogens is 506 g/mol. The highest BCUT2D eigenvalue weighted by atomic mass is 16.5. The molecule has 3 aromatic rings. The third kappa shape index (κ3) is 7.99. The standard InChI is InChI=1S/C32H39N3O5/c1-34(32(38)31(24-10-5-3-6-11-24)25-12-7-4-8-13-25)29(22-35-17-16-28(36)21-35)26-14-9-15-27(20-26)33-30(37)23-40-19-18-39-2/h3-15,20,28-29,31,36H,16-19,21-23H2,1-2H3,(H,33,37). The first kappa shape index (κ1) is 29.4. The molecule has 1 saturated heterocycles. The summed E-state index contributed by atoms with van der Waals surface area (Å²) in [6.07, 6.45) is 0.340. The van der Waals surface area contributed by atoms with E-state index in [1.54, 1.807) is 7.11 Å². The molecule has 1 aliphatic heterocycles. The zero-order chi connectivity index (χ0) is 28.3. The summed E-state index contributed by atoms with van der Waals surface area (Å²) in [5.74, 6) is -0.751. The average molecular weight is 546 g/mol. The molecule has 2 N–H and O–H groups in total. The summed E-state index contributed by atoms with van der Waals surface area (Å²) in [5, 5.41) is 13.1. The van der Waals surface area contributed by atoms with E-state index < -0.39 is 5.92 Å². The quantitative estimate of drug-likeness (QED) is 0.319. The summed E-state index contributed by atoms with van der Waals surface area (Å²) < 4.78 is 10.3. The first-order valence-electron chi connectivity index (χ1n) is 13.7. The third-order valence-corrected chi connectivity index (χ3v) is 7.23. The highest BCUT2D eigenvalue weighted by Gasteiger charge is 2.33. The van der Waals surface area contributed by atoms with Crippen molar-refractivity contribution in [3.8, 4) is 0 Å². The number of ether oxygens (including phenoxy) is 2. The van der Waals surface area contributed by atoms with Crippen molar-refractivity contribution in [2.24, 2.45) is 0 Å². The SMILES string of the molecule is COCCOCC(=O)Nc1cccc(C(CN2CCC(O)C2)N(C)C(=O)C(c2ccccc2)c2ccccc2)c1. The fraction of sp³-hybridized carbons (Fsp3) is 0.375. The maximum atomic E-state index is 14.3. The van der Waals surface area contributed by atoms with Crippen LogP contribution in [0.2, 0.25) is 0 Å². The Kier molecular flexibility index (Phi) is 10.8. The van der Waals surface area contributed by atoms with Gasteiger partial charge in [-0.15, -0.1) is 0 Å². The van der Waals surface area contributed by atoms with Gasteiger partial charge in [0.05, 0.1) is 31.3 Å². The number of aliphatic hydroxyl groups excluding tert-OH is 1. The van der Waals surface area contributed by atoms with Crippen molar-refractivity contribution >= 4 is 17.5 Å². The van der Waals surface area contributed by atoms with Crippen molar-refractivity contribution in [2.45, 2.75) is 24.5 Å². The van der Waals surface area contributed by atoms with E-state index >= 15 is 0 Å². The van der Waals surface area contributed by atoms with Gasteiger partial charge in [0, 0.05) is 39.5 Å². The maximum Gasteiger partial charge on any atom is 0.250 e. The van der Waals surface area contributed by atoms with Crippen LogP contribution in [0.5, 0.6) is 0 Å². The van der Waals surface area contributed by atoms with Gasteiger partial charge in [0.1, 0.15) is 6.61 Å². The second-order valence-corrected chi connectivity index (χ2v) is 10.1. The molecule has 212 valence electrons. The lowest BCUT2D eigenvalue weighted by Crippen LogP contribution is -2.41. The fourth-order valence-electron chi connectivity index (χ4n) is 5.13. The average Bonchev–Trinajstić information content (AvgIpc) is 3.39. The topological polar surface area (TPSA) is 91.3 Å². The maximum absolute atomic E-state index is 14.3. The summed E-state index contributed by atoms with van der Waals surface area (Å²) in [6, 6.07) is 26.9. The highest BCUT2D eigenvalue weighted by Crippen LogP contribution is 2.32. The molecule has 0 radical (unpaired) electrons. The molecule has 3 aromatic carbocycles. The van der Waals surface area contributed by atoms with Crippen molar-refractivity contribution in [3.05, 3.63) is 102 Å². The van der Waals surface area contributed by atoms with Crippen LogP contribution in [0.15, 0.2) is 84.9 Å². The van der Waals surface area contributed by atoms with Crippen molar-refractivity contribution in [3.63, 3.8) is 0 Å². The van der Waals surface area contributed by atoms with Crippen LogP contribution >= 0.6 is 0 Å². The summed E-state index contributed by atoms with van der Waals surface area (Å²) in [5.41, 5.74) is 3.38. The Hall–Kier alpha value is -3.56. The van der Waals surface area contributed by atoms with E-state index in [1.807, 2.05) is 96.9 Å². The van der Waals surface area contributed by atoms with Crippen molar-refractivity contribution in [1.82, 2.24) is 9.80 Å². The smallest absolute Gasteiger partial charge is 0.250 e. The minimum Gasteiger partial charge on any atom is -0.392 e. The Balaban J connectivity index is 1.60. The van der Waals surface area contributed by atoms with Gasteiger partial charge in [0.15, 0.2) is 0 Å². The lowest BCUT2D eigenvalue weighted by Gasteiger charge is -2.35. The Labute approximate surface area is 236 Å². The van der Waals surface area contributed by atoms with Crippen LogP contribution in [-0.4, -0.2) is 86.4 Å². The number of carbonyl (C=O) groups excluding carboxylic acids is 2. The summed E-state index contributed by atoms with van der Waals surface area (Å²) in [4.78, 5) is 30.7. The molecule has 1 fully saturated rings. The van der Waals surface area contributed by atoms with Gasteiger partial charge in [-0.1, -0.05) is 72.8 Å². The molecule has 0 spiro atoms. The monoisotopic (exact) mass is 545 g/mol. The highest BCUT2D eigenvalue weighted by molar-refractivity contribution is 5.92. The lowest BCUT2D eigenvalue weighted by atomic mass is 9.89. The van der Waals surface area contributed by atoms with Gasteiger partial charge < -0.3 is 24.8 Å². The third-order valence-electron chi connectivity index (χ3n) is 7.23. The fourth-order valence-corrected chi connectivity index (χ4v) is 5.13. The first-order valence-corrected chi connectivity index (χ1v) is 13.7. The predicted octanol–water partition coefficient (Wildman–Crippen LogP) is 3.69. The molecule has 0 bridgehead atoms. The minimum absolute atomic E-state index is 0.0249. The molecular formula is C32H39N3O5. The second kappa shape index (κ2) is 14.7. The Bertz CT molecular complexity index is 1180. The number of methoxy groups -OCH3 is 1. The van der Waals surface area contributed by atoms with E-state index in [0.717, 1.165) is 23.2 Å². The Morgan fingerprint density at radius 1 is 0.975 bits per heavy atom. The largest absolute Gasteiger partial charge is 0.392 e. The number of carbonyl (C=O) groups is 2. The zero-order valence-corrected chi connectivity index (χ0v) is 23.2. The van der Waals surface area contributed by atoms with E-state index in [4.69, 9.17) is 9.47 Å². The minimum atomic E-state index is -0.466. The molecule has 0 aromatic heterocycles. The van der Waals surface area contributed by atoms with Gasteiger partial charge in [0.25, 0.3) is 0 Å². The number of aliphatic hydroxyl groups is 1. The number of benzene rings is 3. The van der Waals surface area contributed by atoms with Gasteiger partial charge in [-0.05, 0) is 35.2 Å². The molecule has 1 aliphatic rings. The summed E-state index contributed by atoms with van der Waals surface area (Å²) in [7, 11) is 3.42. The van der Waals surface area contributed by atoms with Gasteiger partial charge in [-0.25, -0.2) is 0 Å². The molecule has 8 nitrogen and oxygen atoms in total. The normalized spacial score (nSPS) is 16.1. The Morgan fingerprint density at radius 3 is 2.23 bits per heavy atom. The van der Waals surface area contributed by atoms with Crippen molar-refractivity contribution in [2.75, 3.05) is 58.9 Å². The van der Waals surface area contributed by atoms with Crippen LogP contribution in [0, 0.1) is 0 Å². The van der Waals surface area contributed by atoms with Crippen LogP contribution in [0.4, 0.5) is 5.69 Å². The number of β-amino-alcohol motifs (C(OH)–C–C–N with tert-alkyl or cyclic N) is 1. The molecule has 0 saturated carbocycles. The van der Waals surface area contributed by atoms with Crippen LogP contribution in [0.3, 0.4) is 0 Å². The summed E-state index contributed by atoms with van der Waals surface area (Å²) >= 11 is 0. The van der Waals surface area contributed by atoms with Crippen molar-refractivity contribution in [1.29, 1.82) is 0 Å². The predicted molar refractivity (Wildman–Crippen MR) is 155 cm³/mol. The van der Waals surface area contributed by atoms with Crippen LogP contribution < -0.4 is 5.32 Å². The molecule has 8 heteroatoms. The number of hydrogen-bond donors (Lipinski definition) is 2. The molecule has 40 heavy (non-hydrogen) atoms. The molecule has 4 rings (SSSR count). The number of likely N-dealkylation sites (N-methyl/N-ethyl adjacent to an activating group) is 1. The number of anilines is 1. The number of likely N-dealkylation sites (tertiary alicyclic amines) is 1. The van der Waals surface area contributed by atoms with Gasteiger partial charge >= 0.3 is 0 Å².